The summed E-state index contributed by atoms with van der Waals surface area (Å²) in [5.74, 6) is 0.0178. The largest absolute Gasteiger partial charge is 0.481 e. The molecule has 3 heterocycles. The van der Waals surface area contributed by atoms with Crippen LogP contribution in [0.3, 0.4) is 0 Å². The molecule has 0 aromatic heterocycles. The van der Waals surface area contributed by atoms with Crippen molar-refractivity contribution in [3.8, 4) is 0 Å². The second-order valence-electron chi connectivity index (χ2n) is 8.64. The molecule has 2 atom stereocenters. The SMILES string of the molecule is [CH]c1ccc2c(c1)C(NCC1(CN)COC1)(C1CNSc3ccccc3C1)N=C(O)N2. The van der Waals surface area contributed by atoms with Crippen molar-refractivity contribution in [1.82, 2.24) is 10.0 Å². The zero-order valence-electron chi connectivity index (χ0n) is 17.2. The van der Waals surface area contributed by atoms with Crippen LogP contribution in [-0.2, 0) is 16.8 Å². The van der Waals surface area contributed by atoms with Gasteiger partial charge < -0.3 is 20.9 Å². The van der Waals surface area contributed by atoms with Gasteiger partial charge in [-0.05, 0) is 54.6 Å². The first kappa shape index (κ1) is 20.8. The Labute approximate surface area is 187 Å². The summed E-state index contributed by atoms with van der Waals surface area (Å²) in [5, 5.41) is 17.3. The number of nitrogens with one attached hydrogen (secondary N) is 3. The van der Waals surface area contributed by atoms with Gasteiger partial charge in [0.25, 0.3) is 6.02 Å². The van der Waals surface area contributed by atoms with Crippen LogP contribution in [-0.4, -0.2) is 44.0 Å². The molecular formula is C23H27N5O2S. The summed E-state index contributed by atoms with van der Waals surface area (Å²) < 4.78 is 8.97. The predicted molar refractivity (Wildman–Crippen MR) is 123 cm³/mol. The maximum atomic E-state index is 10.6. The first-order chi connectivity index (χ1) is 15.0. The smallest absolute Gasteiger partial charge is 0.288 e. The van der Waals surface area contributed by atoms with Crippen molar-refractivity contribution in [2.24, 2.45) is 22.1 Å². The topological polar surface area (TPSA) is 104 Å². The first-order valence-corrected chi connectivity index (χ1v) is 11.3. The monoisotopic (exact) mass is 437 g/mol. The molecule has 8 heteroatoms. The number of rotatable bonds is 5. The molecule has 5 rings (SSSR count). The van der Waals surface area contributed by atoms with E-state index in [0.29, 0.717) is 38.4 Å². The van der Waals surface area contributed by atoms with Crippen LogP contribution in [0.5, 0.6) is 0 Å². The van der Waals surface area contributed by atoms with Crippen LogP contribution >= 0.6 is 11.9 Å². The number of aliphatic hydroxyl groups is 1. The molecule has 31 heavy (non-hydrogen) atoms. The van der Waals surface area contributed by atoms with Crippen molar-refractivity contribution in [2.45, 2.75) is 17.0 Å². The molecular weight excluding hydrogens is 410 g/mol. The van der Waals surface area contributed by atoms with Gasteiger partial charge in [0.05, 0.1) is 13.2 Å². The average Bonchev–Trinajstić information content (AvgIpc) is 2.96. The highest BCUT2D eigenvalue weighted by atomic mass is 32.2. The third-order valence-corrected chi connectivity index (χ3v) is 7.44. The molecule has 0 saturated carbocycles. The Bertz CT molecular complexity index is 1000. The highest BCUT2D eigenvalue weighted by Gasteiger charge is 2.48. The van der Waals surface area contributed by atoms with E-state index in [9.17, 15) is 5.11 Å². The van der Waals surface area contributed by atoms with Gasteiger partial charge in [0, 0.05) is 47.1 Å². The maximum absolute atomic E-state index is 10.6. The molecule has 1 fully saturated rings. The minimum absolute atomic E-state index is 0.0178. The number of fused-ring (bicyclic) bond motifs is 2. The molecule has 7 nitrogen and oxygen atoms in total. The van der Waals surface area contributed by atoms with Crippen molar-refractivity contribution in [2.75, 3.05) is 38.2 Å². The summed E-state index contributed by atoms with van der Waals surface area (Å²) in [6.45, 7) is 9.27. The molecule has 2 aromatic carbocycles. The van der Waals surface area contributed by atoms with Gasteiger partial charge in [-0.3, -0.25) is 10.0 Å². The van der Waals surface area contributed by atoms with E-state index in [1.165, 1.54) is 10.5 Å². The summed E-state index contributed by atoms with van der Waals surface area (Å²) in [5.41, 5.74) is 8.71. The van der Waals surface area contributed by atoms with E-state index < -0.39 is 5.66 Å². The van der Waals surface area contributed by atoms with E-state index in [2.05, 4.69) is 33.6 Å². The number of amidine groups is 1. The summed E-state index contributed by atoms with van der Waals surface area (Å²) in [4.78, 5) is 6.00. The standard InChI is InChI=1S/C23H27N5O2S/c1-15-6-7-19-18(8-15)23(28-21(29)27-19,25-12-22(11-24)13-30-14-22)17-9-16-4-2-3-5-20(16)31-26-10-17/h1-8,17,25-26H,9-14,24H2,(H2,27,28,29). The van der Waals surface area contributed by atoms with E-state index in [-0.39, 0.29) is 17.4 Å². The lowest BCUT2D eigenvalue weighted by molar-refractivity contribution is -0.109. The fourth-order valence-corrected chi connectivity index (χ4v) is 5.45. The van der Waals surface area contributed by atoms with Crippen molar-refractivity contribution in [3.05, 3.63) is 66.1 Å². The number of aliphatic imine (C=N–C) groups is 1. The Hall–Kier alpha value is -2.10. The van der Waals surface area contributed by atoms with E-state index in [1.54, 1.807) is 11.9 Å². The Kier molecular flexibility index (Phi) is 5.44. The van der Waals surface area contributed by atoms with Crippen LogP contribution in [0, 0.1) is 18.3 Å². The Morgan fingerprint density at radius 2 is 2.13 bits per heavy atom. The zero-order chi connectivity index (χ0) is 21.5. The number of nitrogens with two attached hydrogens (primary N) is 1. The van der Waals surface area contributed by atoms with Crippen LogP contribution in [0.4, 0.5) is 5.69 Å². The van der Waals surface area contributed by atoms with E-state index in [0.717, 1.165) is 17.7 Å². The lowest BCUT2D eigenvalue weighted by Crippen LogP contribution is -2.61. The van der Waals surface area contributed by atoms with Gasteiger partial charge in [-0.25, -0.2) is 4.99 Å². The Morgan fingerprint density at radius 3 is 2.90 bits per heavy atom. The van der Waals surface area contributed by atoms with Crippen LogP contribution in [0.2, 0.25) is 0 Å². The predicted octanol–water partition coefficient (Wildman–Crippen LogP) is 2.27. The fraction of sp³-hybridized carbons (Fsp3) is 0.391. The van der Waals surface area contributed by atoms with Crippen molar-refractivity contribution < 1.29 is 9.84 Å². The molecule has 162 valence electrons. The summed E-state index contributed by atoms with van der Waals surface area (Å²) >= 11 is 1.64. The Balaban J connectivity index is 1.60. The number of hydrogen-bond acceptors (Lipinski definition) is 7. The minimum atomic E-state index is -0.872. The molecule has 2 radical (unpaired) electrons. The minimum Gasteiger partial charge on any atom is -0.481 e. The van der Waals surface area contributed by atoms with Gasteiger partial charge >= 0.3 is 0 Å². The second-order valence-corrected chi connectivity index (χ2v) is 9.57. The molecule has 0 spiro atoms. The lowest BCUT2D eigenvalue weighted by atomic mass is 9.78. The first-order valence-electron chi connectivity index (χ1n) is 10.5. The number of hydrogen-bond donors (Lipinski definition) is 5. The second kappa shape index (κ2) is 8.11. The molecule has 2 unspecified atom stereocenters. The molecule has 1 saturated heterocycles. The molecule has 0 bridgehead atoms. The average molecular weight is 438 g/mol. The van der Waals surface area contributed by atoms with Crippen LogP contribution in [0.1, 0.15) is 16.7 Å². The van der Waals surface area contributed by atoms with Gasteiger partial charge in [0.15, 0.2) is 0 Å². The van der Waals surface area contributed by atoms with Gasteiger partial charge in [0.1, 0.15) is 5.66 Å². The molecule has 0 aliphatic carbocycles. The molecule has 3 aliphatic rings. The molecule has 2 aromatic rings. The van der Waals surface area contributed by atoms with Crippen LogP contribution < -0.4 is 21.1 Å². The number of anilines is 1. The summed E-state index contributed by atoms with van der Waals surface area (Å²) in [6.07, 6.45) is 0.792. The number of benzene rings is 2. The molecule has 6 N–H and O–H groups in total. The third-order valence-electron chi connectivity index (χ3n) is 6.51. The van der Waals surface area contributed by atoms with Crippen molar-refractivity contribution >= 4 is 23.7 Å². The third kappa shape index (κ3) is 3.72. The summed E-state index contributed by atoms with van der Waals surface area (Å²) in [6, 6.07) is 13.9. The molecule has 0 amide bonds. The van der Waals surface area contributed by atoms with Gasteiger partial charge in [-0.15, -0.1) is 0 Å². The fourth-order valence-electron chi connectivity index (χ4n) is 4.58. The quantitative estimate of drug-likeness (QED) is 0.457. The van der Waals surface area contributed by atoms with Crippen molar-refractivity contribution in [3.63, 3.8) is 0 Å². The van der Waals surface area contributed by atoms with Crippen LogP contribution in [0.25, 0.3) is 0 Å². The Morgan fingerprint density at radius 1 is 1.29 bits per heavy atom. The number of nitrogens with zero attached hydrogens (tertiary/aromatic N) is 1. The highest BCUT2D eigenvalue weighted by Crippen LogP contribution is 2.43. The van der Waals surface area contributed by atoms with Crippen LogP contribution in [0.15, 0.2) is 52.4 Å². The van der Waals surface area contributed by atoms with Gasteiger partial charge in [-0.1, -0.05) is 24.3 Å². The van der Waals surface area contributed by atoms with Gasteiger partial charge in [0.2, 0.25) is 0 Å². The van der Waals surface area contributed by atoms with E-state index in [4.69, 9.17) is 22.4 Å². The molecule has 3 aliphatic heterocycles. The van der Waals surface area contributed by atoms with E-state index >= 15 is 0 Å². The normalized spacial score (nSPS) is 26.5. The number of aliphatic hydroxyl groups excluding tert-OH is 1. The van der Waals surface area contributed by atoms with Gasteiger partial charge in [-0.2, -0.15) is 0 Å². The maximum Gasteiger partial charge on any atom is 0.288 e. The highest BCUT2D eigenvalue weighted by molar-refractivity contribution is 7.97. The summed E-state index contributed by atoms with van der Waals surface area (Å²) in [7, 11) is 0. The zero-order valence-corrected chi connectivity index (χ0v) is 18.0. The number of ether oxygens (including phenoxy) is 1. The van der Waals surface area contributed by atoms with Crippen molar-refractivity contribution in [1.29, 1.82) is 0 Å². The van der Waals surface area contributed by atoms with E-state index in [1.807, 2.05) is 24.3 Å². The lowest BCUT2D eigenvalue weighted by Gasteiger charge is -2.47.